The molecule has 1 saturated heterocycles. The Balaban J connectivity index is 1.88. The van der Waals surface area contributed by atoms with Gasteiger partial charge in [-0.2, -0.15) is 5.26 Å². The van der Waals surface area contributed by atoms with E-state index in [9.17, 15) is 4.79 Å². The van der Waals surface area contributed by atoms with Gasteiger partial charge in [-0.05, 0) is 31.0 Å². The average Bonchev–Trinajstić information content (AvgIpc) is 2.81. The standard InChI is InChI=1S/C19H23N3O/c1-2-3-4-6-19(23)22-12-5-11-21(13-14-22)16-18-9-7-17(15-20)8-10-18/h2-4,6-10H,5,11-14,16H2,1H3/b3-2+,6-4+. The van der Waals surface area contributed by atoms with Crippen molar-refractivity contribution in [3.8, 4) is 6.07 Å². The predicted octanol–water partition coefficient (Wildman–Crippen LogP) is 2.72. The summed E-state index contributed by atoms with van der Waals surface area (Å²) < 4.78 is 0. The van der Waals surface area contributed by atoms with Gasteiger partial charge in [0.15, 0.2) is 0 Å². The van der Waals surface area contributed by atoms with Crippen molar-refractivity contribution in [3.63, 3.8) is 0 Å². The van der Waals surface area contributed by atoms with E-state index in [4.69, 9.17) is 5.26 Å². The molecule has 0 unspecified atom stereocenters. The Morgan fingerprint density at radius 3 is 2.65 bits per heavy atom. The lowest BCUT2D eigenvalue weighted by Crippen LogP contribution is -2.34. The minimum atomic E-state index is 0.0864. The van der Waals surface area contributed by atoms with Gasteiger partial charge in [-0.15, -0.1) is 0 Å². The van der Waals surface area contributed by atoms with Crippen molar-refractivity contribution in [1.29, 1.82) is 5.26 Å². The SMILES string of the molecule is C/C=C/C=C/C(=O)N1CCCN(Cc2ccc(C#N)cc2)CC1. The molecule has 4 heteroatoms. The number of amides is 1. The molecule has 0 aromatic heterocycles. The molecule has 0 spiro atoms. The number of nitrogens with zero attached hydrogens (tertiary/aromatic N) is 3. The number of hydrogen-bond donors (Lipinski definition) is 0. The lowest BCUT2D eigenvalue weighted by molar-refractivity contribution is -0.125. The van der Waals surface area contributed by atoms with Crippen LogP contribution in [0.1, 0.15) is 24.5 Å². The Morgan fingerprint density at radius 1 is 1.17 bits per heavy atom. The van der Waals surface area contributed by atoms with E-state index < -0.39 is 0 Å². The van der Waals surface area contributed by atoms with Crippen LogP contribution in [0, 0.1) is 11.3 Å². The van der Waals surface area contributed by atoms with Gasteiger partial charge in [0.2, 0.25) is 5.91 Å². The van der Waals surface area contributed by atoms with Crippen molar-refractivity contribution in [2.24, 2.45) is 0 Å². The molecule has 1 aromatic rings. The molecule has 120 valence electrons. The van der Waals surface area contributed by atoms with Crippen molar-refractivity contribution >= 4 is 5.91 Å². The molecule has 1 fully saturated rings. The number of carbonyl (C=O) groups is 1. The van der Waals surface area contributed by atoms with E-state index in [-0.39, 0.29) is 5.91 Å². The third-order valence-corrected chi connectivity index (χ3v) is 3.93. The van der Waals surface area contributed by atoms with Gasteiger partial charge in [-0.3, -0.25) is 9.69 Å². The first-order chi connectivity index (χ1) is 11.2. The van der Waals surface area contributed by atoms with Gasteiger partial charge in [-0.1, -0.05) is 30.4 Å². The first-order valence-electron chi connectivity index (χ1n) is 8.02. The molecule has 1 aliphatic rings. The summed E-state index contributed by atoms with van der Waals surface area (Å²) >= 11 is 0. The van der Waals surface area contributed by atoms with Crippen LogP contribution in [0.5, 0.6) is 0 Å². The fourth-order valence-corrected chi connectivity index (χ4v) is 2.65. The average molecular weight is 309 g/mol. The number of hydrogen-bond acceptors (Lipinski definition) is 3. The molecule has 0 radical (unpaired) electrons. The lowest BCUT2D eigenvalue weighted by atomic mass is 10.1. The summed E-state index contributed by atoms with van der Waals surface area (Å²) in [6, 6.07) is 9.86. The van der Waals surface area contributed by atoms with Gasteiger partial charge >= 0.3 is 0 Å². The number of allylic oxidation sites excluding steroid dienone is 3. The minimum Gasteiger partial charge on any atom is -0.338 e. The number of rotatable bonds is 4. The normalized spacial score (nSPS) is 16.6. The van der Waals surface area contributed by atoms with Crippen LogP contribution >= 0.6 is 0 Å². The summed E-state index contributed by atoms with van der Waals surface area (Å²) in [6.45, 7) is 6.23. The fraction of sp³-hybridized carbons (Fsp3) is 0.368. The highest BCUT2D eigenvalue weighted by molar-refractivity contribution is 5.87. The third-order valence-electron chi connectivity index (χ3n) is 3.93. The van der Waals surface area contributed by atoms with Crippen LogP contribution in [0.15, 0.2) is 48.6 Å². The maximum Gasteiger partial charge on any atom is 0.246 e. The summed E-state index contributed by atoms with van der Waals surface area (Å²) in [5, 5.41) is 8.84. The number of carbonyl (C=O) groups excluding carboxylic acids is 1. The van der Waals surface area contributed by atoms with Crippen molar-refractivity contribution in [1.82, 2.24) is 9.80 Å². The van der Waals surface area contributed by atoms with Gasteiger partial charge < -0.3 is 4.90 Å². The molecule has 1 aromatic carbocycles. The first kappa shape index (κ1) is 17.0. The Labute approximate surface area is 138 Å². The third kappa shape index (κ3) is 5.39. The zero-order valence-corrected chi connectivity index (χ0v) is 13.6. The maximum absolute atomic E-state index is 12.1. The van der Waals surface area contributed by atoms with Crippen LogP contribution < -0.4 is 0 Å². The molecule has 0 N–H and O–H groups in total. The molecular formula is C19H23N3O. The zero-order valence-electron chi connectivity index (χ0n) is 13.6. The molecule has 4 nitrogen and oxygen atoms in total. The molecule has 0 saturated carbocycles. The van der Waals surface area contributed by atoms with Gasteiger partial charge in [0.05, 0.1) is 11.6 Å². The van der Waals surface area contributed by atoms with Crippen LogP contribution in [0.2, 0.25) is 0 Å². The van der Waals surface area contributed by atoms with E-state index in [0.29, 0.717) is 5.56 Å². The fourth-order valence-electron chi connectivity index (χ4n) is 2.65. The van der Waals surface area contributed by atoms with Gasteiger partial charge in [0.25, 0.3) is 0 Å². The molecule has 1 amide bonds. The van der Waals surface area contributed by atoms with Crippen LogP contribution in [0.3, 0.4) is 0 Å². The summed E-state index contributed by atoms with van der Waals surface area (Å²) in [5.74, 6) is 0.0864. The van der Waals surface area contributed by atoms with Gasteiger partial charge in [0.1, 0.15) is 0 Å². The molecule has 23 heavy (non-hydrogen) atoms. The highest BCUT2D eigenvalue weighted by Gasteiger charge is 2.17. The van der Waals surface area contributed by atoms with Crippen LogP contribution in [-0.2, 0) is 11.3 Å². The van der Waals surface area contributed by atoms with E-state index in [1.54, 1.807) is 12.2 Å². The highest BCUT2D eigenvalue weighted by Crippen LogP contribution is 2.10. The zero-order chi connectivity index (χ0) is 16.5. The molecule has 2 rings (SSSR count). The van der Waals surface area contributed by atoms with Gasteiger partial charge in [-0.25, -0.2) is 0 Å². The molecular weight excluding hydrogens is 286 g/mol. The molecule has 1 aliphatic heterocycles. The van der Waals surface area contributed by atoms with Crippen molar-refractivity contribution in [2.45, 2.75) is 19.9 Å². The second-order valence-electron chi connectivity index (χ2n) is 5.65. The van der Waals surface area contributed by atoms with Crippen molar-refractivity contribution in [2.75, 3.05) is 26.2 Å². The van der Waals surface area contributed by atoms with E-state index in [2.05, 4.69) is 11.0 Å². The minimum absolute atomic E-state index is 0.0864. The first-order valence-corrected chi connectivity index (χ1v) is 8.02. The van der Waals surface area contributed by atoms with E-state index in [0.717, 1.165) is 39.1 Å². The van der Waals surface area contributed by atoms with E-state index in [1.165, 1.54) is 5.56 Å². The van der Waals surface area contributed by atoms with Crippen molar-refractivity contribution < 1.29 is 4.79 Å². The Hall–Kier alpha value is -2.38. The monoisotopic (exact) mass is 309 g/mol. The van der Waals surface area contributed by atoms with Crippen LogP contribution in [-0.4, -0.2) is 41.9 Å². The predicted molar refractivity (Wildman–Crippen MR) is 91.6 cm³/mol. The summed E-state index contributed by atoms with van der Waals surface area (Å²) in [6.07, 6.45) is 8.19. The second kappa shape index (κ2) is 8.92. The van der Waals surface area contributed by atoms with E-state index in [1.807, 2.05) is 48.2 Å². The Bertz CT molecular complexity index is 610. The summed E-state index contributed by atoms with van der Waals surface area (Å²) in [7, 11) is 0. The highest BCUT2D eigenvalue weighted by atomic mass is 16.2. The van der Waals surface area contributed by atoms with Gasteiger partial charge in [0, 0.05) is 38.8 Å². The maximum atomic E-state index is 12.1. The summed E-state index contributed by atoms with van der Waals surface area (Å²) in [4.78, 5) is 16.4. The number of nitriles is 1. The Morgan fingerprint density at radius 2 is 1.96 bits per heavy atom. The topological polar surface area (TPSA) is 47.3 Å². The molecule has 0 atom stereocenters. The molecule has 0 bridgehead atoms. The quantitative estimate of drug-likeness (QED) is 0.634. The van der Waals surface area contributed by atoms with E-state index >= 15 is 0 Å². The molecule has 1 heterocycles. The largest absolute Gasteiger partial charge is 0.338 e. The second-order valence-corrected chi connectivity index (χ2v) is 5.65. The van der Waals surface area contributed by atoms with Crippen LogP contribution in [0.4, 0.5) is 0 Å². The lowest BCUT2D eigenvalue weighted by Gasteiger charge is -2.21. The van der Waals surface area contributed by atoms with Crippen molar-refractivity contribution in [3.05, 3.63) is 59.7 Å². The smallest absolute Gasteiger partial charge is 0.246 e. The number of benzene rings is 1. The molecule has 0 aliphatic carbocycles. The van der Waals surface area contributed by atoms with Crippen LogP contribution in [0.25, 0.3) is 0 Å². The summed E-state index contributed by atoms with van der Waals surface area (Å²) in [5.41, 5.74) is 1.89. The Kier molecular flexibility index (Phi) is 6.58.